The van der Waals surface area contributed by atoms with Crippen LogP contribution in [0.1, 0.15) is 36.1 Å². The average Bonchev–Trinajstić information content (AvgIpc) is 2.86. The Hall–Kier alpha value is -0.860. The fourth-order valence-electron chi connectivity index (χ4n) is 2.90. The van der Waals surface area contributed by atoms with Crippen molar-refractivity contribution in [2.24, 2.45) is 0 Å². The SMILES string of the molecule is CCN1Cc2cc3c(cc2C1)CN(CC)C3. The van der Waals surface area contributed by atoms with Crippen LogP contribution in [0.2, 0.25) is 0 Å². The average molecular weight is 216 g/mol. The highest BCUT2D eigenvalue weighted by Crippen LogP contribution is 2.30. The van der Waals surface area contributed by atoms with Gasteiger partial charge in [0, 0.05) is 26.2 Å². The molecule has 0 spiro atoms. The molecule has 16 heavy (non-hydrogen) atoms. The molecule has 2 heterocycles. The van der Waals surface area contributed by atoms with E-state index in [4.69, 9.17) is 0 Å². The number of fused-ring (bicyclic) bond motifs is 2. The van der Waals surface area contributed by atoms with Crippen molar-refractivity contribution in [1.29, 1.82) is 0 Å². The van der Waals surface area contributed by atoms with Gasteiger partial charge in [0.2, 0.25) is 0 Å². The van der Waals surface area contributed by atoms with Crippen LogP contribution >= 0.6 is 0 Å². The second-order valence-corrected chi connectivity index (χ2v) is 5.00. The second-order valence-electron chi connectivity index (χ2n) is 5.00. The predicted molar refractivity (Wildman–Crippen MR) is 66.0 cm³/mol. The Kier molecular flexibility index (Phi) is 2.49. The number of hydrogen-bond donors (Lipinski definition) is 0. The molecule has 0 saturated carbocycles. The molecule has 0 bridgehead atoms. The standard InChI is InChI=1S/C14H20N2/c1-3-15-7-11-5-13-9-16(4-2)10-14(13)6-12(11)8-15/h5-6H,3-4,7-10H2,1-2H3. The van der Waals surface area contributed by atoms with E-state index in [2.05, 4.69) is 35.8 Å². The van der Waals surface area contributed by atoms with E-state index in [1.165, 1.54) is 13.1 Å². The van der Waals surface area contributed by atoms with Crippen molar-refractivity contribution < 1.29 is 0 Å². The molecule has 0 N–H and O–H groups in total. The van der Waals surface area contributed by atoms with Gasteiger partial charge in [0.25, 0.3) is 0 Å². The predicted octanol–water partition coefficient (Wildman–Crippen LogP) is 2.36. The van der Waals surface area contributed by atoms with Crippen LogP contribution in [-0.4, -0.2) is 22.9 Å². The summed E-state index contributed by atoms with van der Waals surface area (Å²) in [5, 5.41) is 0. The van der Waals surface area contributed by atoms with Crippen LogP contribution < -0.4 is 0 Å². The van der Waals surface area contributed by atoms with Crippen LogP contribution in [0.5, 0.6) is 0 Å². The Balaban J connectivity index is 1.90. The van der Waals surface area contributed by atoms with Crippen LogP contribution in [0.3, 0.4) is 0 Å². The summed E-state index contributed by atoms with van der Waals surface area (Å²) in [5.41, 5.74) is 6.27. The lowest BCUT2D eigenvalue weighted by Crippen LogP contribution is -2.15. The van der Waals surface area contributed by atoms with Gasteiger partial charge in [0.1, 0.15) is 0 Å². The van der Waals surface area contributed by atoms with Gasteiger partial charge in [-0.3, -0.25) is 9.80 Å². The van der Waals surface area contributed by atoms with Gasteiger partial charge in [0.15, 0.2) is 0 Å². The van der Waals surface area contributed by atoms with Gasteiger partial charge >= 0.3 is 0 Å². The van der Waals surface area contributed by atoms with Gasteiger partial charge in [-0.1, -0.05) is 26.0 Å². The van der Waals surface area contributed by atoms with Crippen molar-refractivity contribution in [3.05, 3.63) is 34.4 Å². The van der Waals surface area contributed by atoms with Gasteiger partial charge < -0.3 is 0 Å². The van der Waals surface area contributed by atoms with E-state index in [1.807, 2.05) is 0 Å². The van der Waals surface area contributed by atoms with Gasteiger partial charge in [-0.25, -0.2) is 0 Å². The quantitative estimate of drug-likeness (QED) is 0.749. The zero-order valence-corrected chi connectivity index (χ0v) is 10.3. The lowest BCUT2D eigenvalue weighted by Gasteiger charge is -2.10. The van der Waals surface area contributed by atoms with Crippen LogP contribution in [0.4, 0.5) is 0 Å². The highest BCUT2D eigenvalue weighted by atomic mass is 15.1. The molecular weight excluding hydrogens is 196 g/mol. The minimum Gasteiger partial charge on any atom is -0.295 e. The molecule has 0 radical (unpaired) electrons. The maximum absolute atomic E-state index is 2.51. The summed E-state index contributed by atoms with van der Waals surface area (Å²) in [5.74, 6) is 0. The van der Waals surface area contributed by atoms with Gasteiger partial charge in [-0.15, -0.1) is 0 Å². The van der Waals surface area contributed by atoms with Crippen molar-refractivity contribution in [3.63, 3.8) is 0 Å². The Labute approximate surface area is 97.9 Å². The number of rotatable bonds is 2. The number of benzene rings is 1. The van der Waals surface area contributed by atoms with Crippen molar-refractivity contribution in [2.45, 2.75) is 40.0 Å². The molecule has 2 heteroatoms. The Bertz CT molecular complexity index is 341. The van der Waals surface area contributed by atoms with Gasteiger partial charge in [-0.05, 0) is 35.3 Å². The Morgan fingerprint density at radius 3 is 1.31 bits per heavy atom. The summed E-state index contributed by atoms with van der Waals surface area (Å²) in [7, 11) is 0. The first-order chi connectivity index (χ1) is 7.80. The molecule has 0 aliphatic carbocycles. The third-order valence-electron chi connectivity index (χ3n) is 3.99. The van der Waals surface area contributed by atoms with Gasteiger partial charge in [-0.2, -0.15) is 0 Å². The van der Waals surface area contributed by atoms with Gasteiger partial charge in [0.05, 0.1) is 0 Å². The number of hydrogen-bond acceptors (Lipinski definition) is 2. The van der Waals surface area contributed by atoms with E-state index in [9.17, 15) is 0 Å². The normalized spacial score (nSPS) is 20.1. The van der Waals surface area contributed by atoms with E-state index in [-0.39, 0.29) is 0 Å². The smallest absolute Gasteiger partial charge is 0.0240 e. The zero-order valence-electron chi connectivity index (χ0n) is 10.3. The molecule has 1 aromatic rings. The van der Waals surface area contributed by atoms with E-state index in [0.29, 0.717) is 0 Å². The molecule has 0 atom stereocenters. The summed E-state index contributed by atoms with van der Waals surface area (Å²) < 4.78 is 0. The van der Waals surface area contributed by atoms with Crippen LogP contribution in [0, 0.1) is 0 Å². The van der Waals surface area contributed by atoms with E-state index in [0.717, 1.165) is 26.2 Å². The highest BCUT2D eigenvalue weighted by molar-refractivity contribution is 5.42. The van der Waals surface area contributed by atoms with Crippen molar-refractivity contribution in [1.82, 2.24) is 9.80 Å². The molecule has 3 rings (SSSR count). The van der Waals surface area contributed by atoms with E-state index >= 15 is 0 Å². The molecule has 0 aromatic heterocycles. The minimum atomic E-state index is 1.16. The number of nitrogens with zero attached hydrogens (tertiary/aromatic N) is 2. The fourth-order valence-corrected chi connectivity index (χ4v) is 2.90. The molecule has 1 aromatic carbocycles. The maximum Gasteiger partial charge on any atom is 0.0240 e. The molecule has 0 fully saturated rings. The monoisotopic (exact) mass is 216 g/mol. The third kappa shape index (κ3) is 1.57. The summed E-state index contributed by atoms with van der Waals surface area (Å²) in [4.78, 5) is 5.02. The summed E-state index contributed by atoms with van der Waals surface area (Å²) in [6.45, 7) is 11.5. The maximum atomic E-state index is 2.51. The molecule has 0 saturated heterocycles. The van der Waals surface area contributed by atoms with Crippen LogP contribution in [0.25, 0.3) is 0 Å². The largest absolute Gasteiger partial charge is 0.295 e. The minimum absolute atomic E-state index is 1.16. The zero-order chi connectivity index (χ0) is 11.1. The first-order valence-electron chi connectivity index (χ1n) is 6.38. The molecule has 0 amide bonds. The van der Waals surface area contributed by atoms with Crippen LogP contribution in [-0.2, 0) is 26.2 Å². The molecule has 0 unspecified atom stereocenters. The second kappa shape index (κ2) is 3.86. The fraction of sp³-hybridized carbons (Fsp3) is 0.571. The Morgan fingerprint density at radius 2 is 1.06 bits per heavy atom. The van der Waals surface area contributed by atoms with E-state index < -0.39 is 0 Å². The lowest BCUT2D eigenvalue weighted by molar-refractivity contribution is 0.296. The molecule has 2 aliphatic heterocycles. The summed E-state index contributed by atoms with van der Waals surface area (Å²) in [6, 6.07) is 4.91. The lowest BCUT2D eigenvalue weighted by atomic mass is 10.0. The first kappa shape index (κ1) is 10.3. The van der Waals surface area contributed by atoms with Crippen LogP contribution in [0.15, 0.2) is 12.1 Å². The Morgan fingerprint density at radius 1 is 0.750 bits per heavy atom. The molecule has 2 nitrogen and oxygen atoms in total. The molecule has 2 aliphatic rings. The van der Waals surface area contributed by atoms with Crippen molar-refractivity contribution in [3.8, 4) is 0 Å². The van der Waals surface area contributed by atoms with Crippen molar-refractivity contribution in [2.75, 3.05) is 13.1 Å². The first-order valence-corrected chi connectivity index (χ1v) is 6.38. The highest BCUT2D eigenvalue weighted by Gasteiger charge is 2.23. The molecule has 86 valence electrons. The summed E-state index contributed by atoms with van der Waals surface area (Å²) in [6.07, 6.45) is 0. The molecular formula is C14H20N2. The summed E-state index contributed by atoms with van der Waals surface area (Å²) >= 11 is 0. The topological polar surface area (TPSA) is 6.48 Å². The van der Waals surface area contributed by atoms with Crippen molar-refractivity contribution >= 4 is 0 Å². The third-order valence-corrected chi connectivity index (χ3v) is 3.99. The van der Waals surface area contributed by atoms with E-state index in [1.54, 1.807) is 22.3 Å².